The number of carbonyl (C=O) groups is 1. The van der Waals surface area contributed by atoms with Crippen LogP contribution in [0.15, 0.2) is 48.5 Å². The number of amides is 1. The van der Waals surface area contributed by atoms with E-state index in [-0.39, 0.29) is 11.7 Å². The molecule has 1 heterocycles. The second kappa shape index (κ2) is 8.09. The summed E-state index contributed by atoms with van der Waals surface area (Å²) in [4.78, 5) is 13.5. The number of halogens is 1. The van der Waals surface area contributed by atoms with Gasteiger partial charge in [0.05, 0.1) is 13.2 Å². The monoisotopic (exact) mass is 344 g/mol. The van der Waals surface area contributed by atoms with Crippen LogP contribution in [0.2, 0.25) is 0 Å². The number of carbonyl (C=O) groups excluding carboxylic acids is 1. The van der Waals surface area contributed by atoms with Crippen LogP contribution in [0.1, 0.15) is 11.1 Å². The van der Waals surface area contributed by atoms with Crippen molar-refractivity contribution in [2.75, 3.05) is 19.8 Å². The summed E-state index contributed by atoms with van der Waals surface area (Å²) in [5.41, 5.74) is 7.27. The van der Waals surface area contributed by atoms with E-state index in [0.717, 1.165) is 11.1 Å². The molecule has 0 spiro atoms. The van der Waals surface area contributed by atoms with Crippen molar-refractivity contribution in [2.45, 2.75) is 19.2 Å². The first-order valence-electron chi connectivity index (χ1n) is 8.19. The molecule has 2 aromatic rings. The van der Waals surface area contributed by atoms with Crippen molar-refractivity contribution in [1.82, 2.24) is 4.90 Å². The summed E-state index contributed by atoms with van der Waals surface area (Å²) < 4.78 is 24.2. The van der Waals surface area contributed by atoms with Gasteiger partial charge in [-0.25, -0.2) is 4.39 Å². The minimum absolute atomic E-state index is 0.272. The van der Waals surface area contributed by atoms with E-state index in [9.17, 15) is 9.18 Å². The Hall–Kier alpha value is -2.44. The molecule has 0 unspecified atom stereocenters. The number of hydrogen-bond acceptors (Lipinski definition) is 4. The predicted octanol–water partition coefficient (Wildman–Crippen LogP) is 2.09. The van der Waals surface area contributed by atoms with Gasteiger partial charge in [0.1, 0.15) is 24.2 Å². The highest BCUT2D eigenvalue weighted by atomic mass is 19.1. The molecule has 3 rings (SSSR count). The largest absolute Gasteiger partial charge is 0.489 e. The number of benzene rings is 2. The van der Waals surface area contributed by atoms with Crippen molar-refractivity contribution in [1.29, 1.82) is 0 Å². The molecule has 2 N–H and O–H groups in total. The van der Waals surface area contributed by atoms with Gasteiger partial charge >= 0.3 is 0 Å². The Bertz CT molecular complexity index is 721. The van der Waals surface area contributed by atoms with Gasteiger partial charge in [0.25, 0.3) is 0 Å². The van der Waals surface area contributed by atoms with Crippen LogP contribution in [-0.2, 0) is 22.7 Å². The van der Waals surface area contributed by atoms with Gasteiger partial charge in [-0.3, -0.25) is 9.69 Å². The number of hydrogen-bond donors (Lipinski definition) is 1. The molecule has 1 aliphatic heterocycles. The maximum atomic E-state index is 13.2. The minimum atomic E-state index is -0.391. The maximum Gasteiger partial charge on any atom is 0.237 e. The Morgan fingerprint density at radius 3 is 2.76 bits per heavy atom. The molecule has 132 valence electrons. The highest BCUT2D eigenvalue weighted by Crippen LogP contribution is 2.17. The van der Waals surface area contributed by atoms with E-state index in [1.165, 1.54) is 12.1 Å². The third-order valence-electron chi connectivity index (χ3n) is 4.17. The van der Waals surface area contributed by atoms with Gasteiger partial charge in [-0.15, -0.1) is 0 Å². The zero-order valence-electron chi connectivity index (χ0n) is 13.9. The molecule has 0 aromatic heterocycles. The van der Waals surface area contributed by atoms with Crippen LogP contribution in [0.4, 0.5) is 4.39 Å². The van der Waals surface area contributed by atoms with Crippen LogP contribution in [0.5, 0.6) is 5.75 Å². The van der Waals surface area contributed by atoms with E-state index in [1.807, 2.05) is 35.2 Å². The predicted molar refractivity (Wildman–Crippen MR) is 91.4 cm³/mol. The Morgan fingerprint density at radius 1 is 1.24 bits per heavy atom. The van der Waals surface area contributed by atoms with Crippen LogP contribution in [-0.4, -0.2) is 36.6 Å². The van der Waals surface area contributed by atoms with Gasteiger partial charge in [0, 0.05) is 13.1 Å². The van der Waals surface area contributed by atoms with Gasteiger partial charge in [-0.1, -0.05) is 24.3 Å². The molecule has 0 bridgehead atoms. The fourth-order valence-electron chi connectivity index (χ4n) is 2.81. The summed E-state index contributed by atoms with van der Waals surface area (Å²) >= 11 is 0. The van der Waals surface area contributed by atoms with Crippen molar-refractivity contribution in [3.05, 3.63) is 65.5 Å². The lowest BCUT2D eigenvalue weighted by Crippen LogP contribution is -2.51. The molecule has 0 radical (unpaired) electrons. The molecular weight excluding hydrogens is 323 g/mol. The van der Waals surface area contributed by atoms with Crippen molar-refractivity contribution in [3.8, 4) is 5.75 Å². The van der Waals surface area contributed by atoms with Gasteiger partial charge < -0.3 is 15.2 Å². The first kappa shape index (κ1) is 17.4. The fraction of sp³-hybridized carbons (Fsp3) is 0.316. The summed E-state index contributed by atoms with van der Waals surface area (Å²) in [5, 5.41) is 0. The van der Waals surface area contributed by atoms with Crippen LogP contribution < -0.4 is 10.5 Å². The highest BCUT2D eigenvalue weighted by molar-refractivity contribution is 5.80. The summed E-state index contributed by atoms with van der Waals surface area (Å²) in [6.45, 7) is 2.54. The number of ether oxygens (including phenoxy) is 2. The topological polar surface area (TPSA) is 64.8 Å². The average Bonchev–Trinajstić information content (AvgIpc) is 2.61. The minimum Gasteiger partial charge on any atom is -0.489 e. The summed E-state index contributed by atoms with van der Waals surface area (Å²) in [5.74, 6) is 0.0714. The third-order valence-corrected chi connectivity index (χ3v) is 4.17. The lowest BCUT2D eigenvalue weighted by Gasteiger charge is -2.33. The van der Waals surface area contributed by atoms with Crippen molar-refractivity contribution in [3.63, 3.8) is 0 Å². The molecule has 25 heavy (non-hydrogen) atoms. The normalized spacial score (nSPS) is 18.0. The SMILES string of the molecule is NC(=O)[C@@H]1COCCN1Cc1ccc(OCc2cccc(F)c2)cc1. The van der Waals surface area contributed by atoms with E-state index in [2.05, 4.69) is 0 Å². The number of rotatable bonds is 6. The van der Waals surface area contributed by atoms with E-state index >= 15 is 0 Å². The first-order chi connectivity index (χ1) is 12.1. The number of morpholine rings is 1. The Balaban J connectivity index is 1.57. The van der Waals surface area contributed by atoms with E-state index < -0.39 is 6.04 Å². The van der Waals surface area contributed by atoms with Crippen LogP contribution >= 0.6 is 0 Å². The molecule has 1 saturated heterocycles. The maximum absolute atomic E-state index is 13.2. The van der Waals surface area contributed by atoms with E-state index in [1.54, 1.807) is 6.07 Å². The molecule has 2 aromatic carbocycles. The molecule has 1 amide bonds. The lowest BCUT2D eigenvalue weighted by molar-refractivity contribution is -0.129. The summed E-state index contributed by atoms with van der Waals surface area (Å²) in [7, 11) is 0. The third kappa shape index (κ3) is 4.78. The van der Waals surface area contributed by atoms with E-state index in [4.69, 9.17) is 15.2 Å². The first-order valence-corrected chi connectivity index (χ1v) is 8.19. The summed E-state index contributed by atoms with van der Waals surface area (Å²) in [6.07, 6.45) is 0. The molecular formula is C19H21FN2O3. The molecule has 1 fully saturated rings. The second-order valence-corrected chi connectivity index (χ2v) is 6.03. The van der Waals surface area contributed by atoms with Gasteiger partial charge in [0.15, 0.2) is 0 Å². The number of nitrogens with zero attached hydrogens (tertiary/aromatic N) is 1. The Morgan fingerprint density at radius 2 is 2.04 bits per heavy atom. The van der Waals surface area contributed by atoms with E-state index in [0.29, 0.717) is 38.7 Å². The van der Waals surface area contributed by atoms with Gasteiger partial charge in [0.2, 0.25) is 5.91 Å². The zero-order chi connectivity index (χ0) is 17.6. The Labute approximate surface area is 146 Å². The zero-order valence-corrected chi connectivity index (χ0v) is 13.9. The van der Waals surface area contributed by atoms with Crippen molar-refractivity contribution >= 4 is 5.91 Å². The second-order valence-electron chi connectivity index (χ2n) is 6.03. The van der Waals surface area contributed by atoms with Gasteiger partial charge in [-0.05, 0) is 35.4 Å². The van der Waals surface area contributed by atoms with Gasteiger partial charge in [-0.2, -0.15) is 0 Å². The number of primary amides is 1. The highest BCUT2D eigenvalue weighted by Gasteiger charge is 2.27. The number of nitrogens with two attached hydrogens (primary N) is 1. The molecule has 0 aliphatic carbocycles. The fourth-order valence-corrected chi connectivity index (χ4v) is 2.81. The average molecular weight is 344 g/mol. The van der Waals surface area contributed by atoms with Crippen LogP contribution in [0.3, 0.4) is 0 Å². The molecule has 6 heteroatoms. The molecule has 0 saturated carbocycles. The smallest absolute Gasteiger partial charge is 0.237 e. The molecule has 1 aliphatic rings. The quantitative estimate of drug-likeness (QED) is 0.871. The Kier molecular flexibility index (Phi) is 5.63. The van der Waals surface area contributed by atoms with Crippen LogP contribution in [0, 0.1) is 5.82 Å². The standard InChI is InChI=1S/C19H21FN2O3/c20-16-3-1-2-15(10-16)12-25-17-6-4-14(5-7-17)11-22-8-9-24-13-18(22)19(21)23/h1-7,10,18H,8-9,11-13H2,(H2,21,23)/t18-/m0/s1. The van der Waals surface area contributed by atoms with Crippen molar-refractivity contribution in [2.24, 2.45) is 5.73 Å². The van der Waals surface area contributed by atoms with Crippen molar-refractivity contribution < 1.29 is 18.7 Å². The molecule has 5 nitrogen and oxygen atoms in total. The summed E-state index contributed by atoms with van der Waals surface area (Å²) in [6, 6.07) is 13.6. The molecule has 1 atom stereocenters. The lowest BCUT2D eigenvalue weighted by atomic mass is 10.1. The van der Waals surface area contributed by atoms with Crippen LogP contribution in [0.25, 0.3) is 0 Å².